The lowest BCUT2D eigenvalue weighted by molar-refractivity contribution is -0.124. The van der Waals surface area contributed by atoms with E-state index >= 15 is 0 Å². The van der Waals surface area contributed by atoms with E-state index < -0.39 is 0 Å². The Morgan fingerprint density at radius 1 is 1.65 bits per heavy atom. The van der Waals surface area contributed by atoms with Gasteiger partial charge in [0.15, 0.2) is 0 Å². The largest absolute Gasteiger partial charge is 0.393 e. The number of hydrogen-bond acceptors (Lipinski definition) is 3. The molecule has 1 heterocycles. The number of hydrogen-bond donors (Lipinski definition) is 2. The zero-order valence-electron chi connectivity index (χ0n) is 10.7. The average molecular weight is 257 g/mol. The number of carbonyl (C=O) groups excluding carboxylic acids is 1. The van der Waals surface area contributed by atoms with Crippen molar-refractivity contribution in [1.82, 2.24) is 10.2 Å². The van der Waals surface area contributed by atoms with Gasteiger partial charge in [-0.15, -0.1) is 0 Å². The van der Waals surface area contributed by atoms with Crippen molar-refractivity contribution >= 4 is 23.1 Å². The van der Waals surface area contributed by atoms with Crippen LogP contribution in [0.25, 0.3) is 0 Å². The molecule has 2 unspecified atom stereocenters. The molecule has 1 saturated heterocycles. The molecule has 0 bridgehead atoms. The molecular weight excluding hydrogens is 234 g/mol. The number of nitrogens with two attached hydrogens (primary N) is 1. The third-order valence-corrected chi connectivity index (χ3v) is 3.49. The molecule has 1 aliphatic rings. The van der Waals surface area contributed by atoms with E-state index in [-0.39, 0.29) is 17.9 Å². The molecule has 0 radical (unpaired) electrons. The molecule has 2 atom stereocenters. The van der Waals surface area contributed by atoms with Crippen LogP contribution in [0.1, 0.15) is 32.6 Å². The smallest absolute Gasteiger partial charge is 0.230 e. The maximum absolute atomic E-state index is 12.1. The Bertz CT molecular complexity index is 283. The van der Waals surface area contributed by atoms with Gasteiger partial charge in [-0.1, -0.05) is 25.6 Å². The molecule has 98 valence electrons. The Kier molecular flexibility index (Phi) is 5.85. The Morgan fingerprint density at radius 2 is 2.35 bits per heavy atom. The standard InChI is InChI=1S/C12H23N3OS/c1-3-5-10(11(13)17)12(16)14-9-6-4-7-15(2)8-9/h9-10H,3-8H2,1-2H3,(H2,13,17)(H,14,16). The fourth-order valence-corrected chi connectivity index (χ4v) is 2.50. The summed E-state index contributed by atoms with van der Waals surface area (Å²) < 4.78 is 0. The number of amides is 1. The molecule has 4 nitrogen and oxygen atoms in total. The highest BCUT2D eigenvalue weighted by Gasteiger charge is 2.25. The molecule has 0 spiro atoms. The molecule has 0 aromatic rings. The summed E-state index contributed by atoms with van der Waals surface area (Å²) in [5, 5.41) is 3.07. The fourth-order valence-electron chi connectivity index (χ4n) is 2.28. The van der Waals surface area contributed by atoms with E-state index in [9.17, 15) is 4.79 Å². The van der Waals surface area contributed by atoms with Crippen LogP contribution in [0.15, 0.2) is 0 Å². The molecule has 1 rings (SSSR count). The maximum Gasteiger partial charge on any atom is 0.230 e. The van der Waals surface area contributed by atoms with Crippen molar-refractivity contribution in [3.63, 3.8) is 0 Å². The van der Waals surface area contributed by atoms with E-state index in [2.05, 4.69) is 17.3 Å². The molecule has 3 N–H and O–H groups in total. The number of likely N-dealkylation sites (N-methyl/N-ethyl adjacent to an activating group) is 1. The number of likely N-dealkylation sites (tertiary alicyclic amines) is 1. The normalized spacial score (nSPS) is 23.1. The van der Waals surface area contributed by atoms with Gasteiger partial charge in [0.25, 0.3) is 0 Å². The number of thiocarbonyl (C=S) groups is 1. The second-order valence-electron chi connectivity index (χ2n) is 4.85. The summed E-state index contributed by atoms with van der Waals surface area (Å²) in [6, 6.07) is 0.245. The van der Waals surface area contributed by atoms with Gasteiger partial charge in [0.1, 0.15) is 0 Å². The molecule has 0 aromatic heterocycles. The van der Waals surface area contributed by atoms with Crippen molar-refractivity contribution < 1.29 is 4.79 Å². The minimum atomic E-state index is -0.303. The lowest BCUT2D eigenvalue weighted by Gasteiger charge is -2.31. The van der Waals surface area contributed by atoms with Gasteiger partial charge in [0.2, 0.25) is 5.91 Å². The van der Waals surface area contributed by atoms with Crippen molar-refractivity contribution in [3.8, 4) is 0 Å². The van der Waals surface area contributed by atoms with Crippen LogP contribution in [-0.4, -0.2) is 42.0 Å². The van der Waals surface area contributed by atoms with E-state index in [4.69, 9.17) is 18.0 Å². The number of rotatable bonds is 5. The van der Waals surface area contributed by atoms with Gasteiger partial charge in [0.05, 0.1) is 10.9 Å². The minimum absolute atomic E-state index is 0.000324. The first kappa shape index (κ1) is 14.4. The van der Waals surface area contributed by atoms with E-state index in [0.29, 0.717) is 4.99 Å². The highest BCUT2D eigenvalue weighted by atomic mass is 32.1. The van der Waals surface area contributed by atoms with Crippen LogP contribution >= 0.6 is 12.2 Å². The molecule has 5 heteroatoms. The van der Waals surface area contributed by atoms with Crippen LogP contribution in [-0.2, 0) is 4.79 Å². The monoisotopic (exact) mass is 257 g/mol. The maximum atomic E-state index is 12.1. The van der Waals surface area contributed by atoms with Gasteiger partial charge in [-0.3, -0.25) is 4.79 Å². The summed E-state index contributed by atoms with van der Waals surface area (Å²) in [7, 11) is 2.08. The van der Waals surface area contributed by atoms with Crippen LogP contribution < -0.4 is 11.1 Å². The zero-order chi connectivity index (χ0) is 12.8. The third-order valence-electron chi connectivity index (χ3n) is 3.21. The predicted molar refractivity (Wildman–Crippen MR) is 73.8 cm³/mol. The zero-order valence-corrected chi connectivity index (χ0v) is 11.6. The first-order valence-electron chi connectivity index (χ1n) is 6.32. The van der Waals surface area contributed by atoms with E-state index in [1.165, 1.54) is 0 Å². The second kappa shape index (κ2) is 6.91. The molecule has 0 saturated carbocycles. The van der Waals surface area contributed by atoms with Crippen LogP contribution in [0.4, 0.5) is 0 Å². The second-order valence-corrected chi connectivity index (χ2v) is 5.33. The molecule has 17 heavy (non-hydrogen) atoms. The Hall–Kier alpha value is -0.680. The van der Waals surface area contributed by atoms with Crippen molar-refractivity contribution in [2.75, 3.05) is 20.1 Å². The third kappa shape index (κ3) is 4.60. The van der Waals surface area contributed by atoms with Gasteiger partial charge >= 0.3 is 0 Å². The Labute approximate surface area is 109 Å². The van der Waals surface area contributed by atoms with E-state index in [1.54, 1.807) is 0 Å². The number of carbonyl (C=O) groups is 1. The van der Waals surface area contributed by atoms with Crippen molar-refractivity contribution in [2.24, 2.45) is 11.7 Å². The summed E-state index contributed by atoms with van der Waals surface area (Å²) in [6.45, 7) is 4.06. The fraction of sp³-hybridized carbons (Fsp3) is 0.833. The quantitative estimate of drug-likeness (QED) is 0.719. The van der Waals surface area contributed by atoms with E-state index in [0.717, 1.165) is 38.8 Å². The SMILES string of the molecule is CCCC(C(=O)NC1CCCN(C)C1)C(N)=S. The highest BCUT2D eigenvalue weighted by molar-refractivity contribution is 7.80. The van der Waals surface area contributed by atoms with Gasteiger partial charge < -0.3 is 16.0 Å². The summed E-state index contributed by atoms with van der Waals surface area (Å²) in [6.07, 6.45) is 3.84. The lowest BCUT2D eigenvalue weighted by Crippen LogP contribution is -2.49. The highest BCUT2D eigenvalue weighted by Crippen LogP contribution is 2.11. The van der Waals surface area contributed by atoms with Gasteiger partial charge in [0, 0.05) is 12.6 Å². The van der Waals surface area contributed by atoms with Gasteiger partial charge in [-0.05, 0) is 32.9 Å². The number of nitrogens with zero attached hydrogens (tertiary/aromatic N) is 1. The van der Waals surface area contributed by atoms with Crippen LogP contribution in [0, 0.1) is 5.92 Å². The van der Waals surface area contributed by atoms with Crippen molar-refractivity contribution in [1.29, 1.82) is 0 Å². The van der Waals surface area contributed by atoms with Crippen LogP contribution in [0.2, 0.25) is 0 Å². The molecular formula is C12H23N3OS. The van der Waals surface area contributed by atoms with Crippen molar-refractivity contribution in [2.45, 2.75) is 38.6 Å². The minimum Gasteiger partial charge on any atom is -0.393 e. The number of piperidine rings is 1. The summed E-state index contributed by atoms with van der Waals surface area (Å²) in [5.41, 5.74) is 5.62. The molecule has 1 aliphatic heterocycles. The molecule has 1 fully saturated rings. The van der Waals surface area contributed by atoms with Crippen LogP contribution in [0.5, 0.6) is 0 Å². The Morgan fingerprint density at radius 3 is 2.88 bits per heavy atom. The topological polar surface area (TPSA) is 58.4 Å². The molecule has 0 aliphatic carbocycles. The summed E-state index contributed by atoms with van der Waals surface area (Å²) >= 11 is 4.96. The Balaban J connectivity index is 2.48. The van der Waals surface area contributed by atoms with Crippen molar-refractivity contribution in [3.05, 3.63) is 0 Å². The molecule has 1 amide bonds. The van der Waals surface area contributed by atoms with E-state index in [1.807, 2.05) is 6.92 Å². The van der Waals surface area contributed by atoms with Crippen LogP contribution in [0.3, 0.4) is 0 Å². The first-order chi connectivity index (χ1) is 8.04. The summed E-state index contributed by atoms with van der Waals surface area (Å²) in [5.74, 6) is -0.304. The lowest BCUT2D eigenvalue weighted by atomic mass is 10.0. The number of nitrogens with one attached hydrogen (secondary N) is 1. The van der Waals surface area contributed by atoms with Gasteiger partial charge in [-0.2, -0.15) is 0 Å². The first-order valence-corrected chi connectivity index (χ1v) is 6.73. The molecule has 0 aromatic carbocycles. The predicted octanol–water partition coefficient (Wildman–Crippen LogP) is 0.899. The summed E-state index contributed by atoms with van der Waals surface area (Å²) in [4.78, 5) is 14.6. The average Bonchev–Trinajstić information content (AvgIpc) is 2.25. The van der Waals surface area contributed by atoms with Gasteiger partial charge in [-0.25, -0.2) is 0 Å².